The van der Waals surface area contributed by atoms with Crippen LogP contribution in [0.15, 0.2) is 48.5 Å². The Morgan fingerprint density at radius 3 is 1.21 bits per heavy atom. The third kappa shape index (κ3) is 3.32. The smallest absolute Gasteiger partial charge is 0.130 e. The standard InChI is InChI=1S/C32H35NO/c1-17-13-21(5)26(22(6)14-17)31-28-19(3)9-11-25-12-10-20(4)29(30(25)28)32(33(31)34)27-23(7)15-18(2)16-24(27)8/h9-16,31-32,34H,1-8H3/p+1/t31-,32-/m0/s1. The van der Waals surface area contributed by atoms with Gasteiger partial charge in [0.1, 0.15) is 12.1 Å². The Hall–Kier alpha value is -2.94. The van der Waals surface area contributed by atoms with Crippen molar-refractivity contribution in [3.8, 4) is 0 Å². The van der Waals surface area contributed by atoms with E-state index in [1.54, 1.807) is 0 Å². The lowest BCUT2D eigenvalue weighted by atomic mass is 9.75. The Balaban J connectivity index is 1.95. The molecular formula is C32H36NO+. The topological polar surface area (TPSA) is 26.1 Å². The van der Waals surface area contributed by atoms with Crippen molar-refractivity contribution in [2.45, 2.75) is 67.5 Å². The van der Waals surface area contributed by atoms with Gasteiger partial charge in [-0.15, -0.1) is 0 Å². The minimum atomic E-state index is -0.122. The molecule has 4 aromatic carbocycles. The second-order valence-corrected chi connectivity index (χ2v) is 10.5. The number of benzene rings is 4. The van der Waals surface area contributed by atoms with E-state index < -0.39 is 0 Å². The summed E-state index contributed by atoms with van der Waals surface area (Å²) in [4.78, 5) is 0. The van der Waals surface area contributed by atoms with Gasteiger partial charge in [0, 0.05) is 0 Å². The normalized spacial score (nSPS) is 18.0. The highest BCUT2D eigenvalue weighted by Gasteiger charge is 2.44. The van der Waals surface area contributed by atoms with Gasteiger partial charge in [-0.3, -0.25) is 0 Å². The number of aryl methyl sites for hydroxylation is 8. The lowest BCUT2D eigenvalue weighted by Crippen LogP contribution is -2.37. The second kappa shape index (κ2) is 8.08. The maximum Gasteiger partial charge on any atom is 0.130 e. The van der Waals surface area contributed by atoms with E-state index in [1.807, 2.05) is 5.06 Å². The van der Waals surface area contributed by atoms with Crippen LogP contribution in [0.1, 0.15) is 78.8 Å². The van der Waals surface area contributed by atoms with Gasteiger partial charge in [-0.2, -0.15) is 0 Å². The predicted octanol–water partition coefficient (Wildman–Crippen LogP) is 7.44. The van der Waals surface area contributed by atoms with E-state index in [9.17, 15) is 5.21 Å². The molecule has 2 nitrogen and oxygen atoms in total. The van der Waals surface area contributed by atoms with Crippen LogP contribution in [0.4, 0.5) is 0 Å². The van der Waals surface area contributed by atoms with Crippen molar-refractivity contribution in [2.24, 2.45) is 0 Å². The summed E-state index contributed by atoms with van der Waals surface area (Å²) in [5.74, 6) is 0. The van der Waals surface area contributed by atoms with Crippen LogP contribution in [-0.2, 0) is 0 Å². The third-order valence-electron chi connectivity index (χ3n) is 7.83. The van der Waals surface area contributed by atoms with Gasteiger partial charge in [-0.25, -0.2) is 0 Å². The number of rotatable bonds is 2. The molecule has 0 amide bonds. The Morgan fingerprint density at radius 2 is 0.853 bits per heavy atom. The van der Waals surface area contributed by atoms with E-state index >= 15 is 0 Å². The zero-order valence-electron chi connectivity index (χ0n) is 21.7. The van der Waals surface area contributed by atoms with Crippen molar-refractivity contribution < 1.29 is 5.21 Å². The quantitative estimate of drug-likeness (QED) is 0.291. The first-order chi connectivity index (χ1) is 16.1. The van der Waals surface area contributed by atoms with Crippen molar-refractivity contribution in [2.75, 3.05) is 0 Å². The van der Waals surface area contributed by atoms with Crippen LogP contribution < -0.4 is 0 Å². The fraction of sp³-hybridized carbons (Fsp3) is 0.312. The number of nitrogens with zero attached hydrogens (tertiary/aromatic N) is 1. The van der Waals surface area contributed by atoms with Crippen LogP contribution in [0.2, 0.25) is 0 Å². The van der Waals surface area contributed by atoms with Crippen molar-refractivity contribution in [1.29, 1.82) is 0 Å². The molecule has 0 unspecified atom stereocenters. The maximum absolute atomic E-state index is 9.78. The minimum absolute atomic E-state index is 0.122. The Kier molecular flexibility index (Phi) is 5.42. The second-order valence-electron chi connectivity index (χ2n) is 10.5. The summed E-state index contributed by atoms with van der Waals surface area (Å²) in [6, 6.07) is 17.8. The Bertz CT molecular complexity index is 1310. The molecule has 5 rings (SSSR count). The summed E-state index contributed by atoms with van der Waals surface area (Å²) in [7, 11) is 0. The fourth-order valence-electron chi connectivity index (χ4n) is 6.63. The molecule has 2 N–H and O–H groups in total. The molecule has 1 aliphatic heterocycles. The van der Waals surface area contributed by atoms with Crippen LogP contribution in [0.5, 0.6) is 0 Å². The van der Waals surface area contributed by atoms with Crippen LogP contribution in [0, 0.1) is 55.4 Å². The van der Waals surface area contributed by atoms with Gasteiger partial charge >= 0.3 is 0 Å². The molecule has 0 bridgehead atoms. The molecule has 0 saturated heterocycles. The van der Waals surface area contributed by atoms with Crippen LogP contribution in [0.3, 0.4) is 0 Å². The Morgan fingerprint density at radius 1 is 0.500 bits per heavy atom. The monoisotopic (exact) mass is 450 g/mol. The van der Waals surface area contributed by atoms with Gasteiger partial charge in [0.15, 0.2) is 0 Å². The summed E-state index contributed by atoms with van der Waals surface area (Å²) >= 11 is 0. The summed E-state index contributed by atoms with van der Waals surface area (Å²) < 4.78 is 0. The summed E-state index contributed by atoms with van der Waals surface area (Å²) in [5, 5.41) is 14.3. The van der Waals surface area contributed by atoms with Crippen molar-refractivity contribution in [3.63, 3.8) is 0 Å². The molecule has 2 heteroatoms. The van der Waals surface area contributed by atoms with E-state index in [1.165, 1.54) is 77.5 Å². The molecule has 0 fully saturated rings. The average Bonchev–Trinajstić information content (AvgIpc) is 2.73. The zero-order valence-corrected chi connectivity index (χ0v) is 21.7. The van der Waals surface area contributed by atoms with Crippen LogP contribution in [-0.4, -0.2) is 10.3 Å². The van der Waals surface area contributed by atoms with E-state index in [0.29, 0.717) is 0 Å². The SMILES string of the molecule is Cc1cc(C)c([C@H]2c3c(C)ccc4ccc(C)c(c34)[C@H](c3c(C)cc(C)cc3C)N2[OH2+])c(C)c1. The molecule has 0 aromatic heterocycles. The van der Waals surface area contributed by atoms with Crippen molar-refractivity contribution >= 4 is 10.8 Å². The summed E-state index contributed by atoms with van der Waals surface area (Å²) in [5.41, 5.74) is 15.3. The maximum atomic E-state index is 9.78. The van der Waals surface area contributed by atoms with E-state index in [2.05, 4.69) is 104 Å². The molecular weight excluding hydrogens is 414 g/mol. The summed E-state index contributed by atoms with van der Waals surface area (Å²) in [6.07, 6.45) is 0. The average molecular weight is 451 g/mol. The van der Waals surface area contributed by atoms with E-state index in [0.717, 1.165) is 0 Å². The molecule has 0 radical (unpaired) electrons. The highest BCUT2D eigenvalue weighted by Crippen LogP contribution is 2.51. The predicted molar refractivity (Wildman–Crippen MR) is 144 cm³/mol. The zero-order chi connectivity index (χ0) is 24.5. The van der Waals surface area contributed by atoms with E-state index in [-0.39, 0.29) is 12.1 Å². The van der Waals surface area contributed by atoms with Crippen LogP contribution in [0.25, 0.3) is 10.8 Å². The molecule has 2 atom stereocenters. The Labute approximate surface area is 203 Å². The number of hydroxylamine groups is 2. The molecule has 0 spiro atoms. The lowest BCUT2D eigenvalue weighted by Gasteiger charge is -2.40. The first-order valence-electron chi connectivity index (χ1n) is 12.3. The van der Waals surface area contributed by atoms with Gasteiger partial charge in [0.25, 0.3) is 0 Å². The minimum Gasteiger partial charge on any atom is -0.337 e. The summed E-state index contributed by atoms with van der Waals surface area (Å²) in [6.45, 7) is 17.6. The fourth-order valence-corrected chi connectivity index (χ4v) is 6.63. The van der Waals surface area contributed by atoms with Gasteiger partial charge in [0.05, 0.1) is 0 Å². The molecule has 4 aromatic rings. The molecule has 0 aliphatic carbocycles. The highest BCUT2D eigenvalue weighted by molar-refractivity contribution is 5.93. The van der Waals surface area contributed by atoms with Gasteiger partial charge in [-0.1, -0.05) is 64.7 Å². The highest BCUT2D eigenvalue weighted by atomic mass is 16.5. The molecule has 34 heavy (non-hydrogen) atoms. The third-order valence-corrected chi connectivity index (χ3v) is 7.83. The first kappa shape index (κ1) is 22.8. The molecule has 1 heterocycles. The van der Waals surface area contributed by atoms with Gasteiger partial charge < -0.3 is 5.21 Å². The van der Waals surface area contributed by atoms with Crippen molar-refractivity contribution in [1.82, 2.24) is 5.06 Å². The lowest BCUT2D eigenvalue weighted by molar-refractivity contribution is -0.145. The van der Waals surface area contributed by atoms with Crippen LogP contribution >= 0.6 is 0 Å². The molecule has 0 saturated carbocycles. The van der Waals surface area contributed by atoms with Crippen molar-refractivity contribution in [3.05, 3.63) is 115 Å². The molecule has 1 aliphatic rings. The van der Waals surface area contributed by atoms with Gasteiger partial charge in [0.2, 0.25) is 0 Å². The number of hydrogen-bond acceptors (Lipinski definition) is 1. The van der Waals surface area contributed by atoms with Gasteiger partial charge in [-0.05, 0) is 122 Å². The number of hydrogen-bond donors (Lipinski definition) is 0. The van der Waals surface area contributed by atoms with E-state index in [4.69, 9.17) is 0 Å². The largest absolute Gasteiger partial charge is 0.337 e. The molecule has 174 valence electrons. The first-order valence-corrected chi connectivity index (χ1v) is 12.3.